The van der Waals surface area contributed by atoms with Crippen molar-refractivity contribution >= 4 is 22.4 Å². The predicted molar refractivity (Wildman–Crippen MR) is 112 cm³/mol. The number of amides is 1. The van der Waals surface area contributed by atoms with Gasteiger partial charge in [-0.15, -0.1) is 0 Å². The third-order valence-corrected chi connectivity index (χ3v) is 6.40. The van der Waals surface area contributed by atoms with E-state index in [0.29, 0.717) is 23.4 Å². The van der Waals surface area contributed by atoms with Crippen LogP contribution in [0.25, 0.3) is 11.5 Å². The van der Waals surface area contributed by atoms with Gasteiger partial charge in [0.15, 0.2) is 10.9 Å². The first-order chi connectivity index (χ1) is 14.2. The normalized spacial score (nSPS) is 19.3. The average Bonchev–Trinajstić information content (AvgIpc) is 3.40. The lowest BCUT2D eigenvalue weighted by Gasteiger charge is -2.28. The number of carbonyl (C=O) groups is 1. The van der Waals surface area contributed by atoms with Gasteiger partial charge in [0.2, 0.25) is 5.91 Å². The summed E-state index contributed by atoms with van der Waals surface area (Å²) in [5.74, 6) is 0.991. The SMILES string of the molecule is COC(c1sc(NC(=O)CN2CC=CCC2)nc1-c1ccco1)C1CCOCC1. The van der Waals surface area contributed by atoms with Gasteiger partial charge in [-0.2, -0.15) is 0 Å². The van der Waals surface area contributed by atoms with Crippen LogP contribution in [0.5, 0.6) is 0 Å². The highest BCUT2D eigenvalue weighted by molar-refractivity contribution is 7.16. The van der Waals surface area contributed by atoms with Crippen LogP contribution in [0, 0.1) is 5.92 Å². The van der Waals surface area contributed by atoms with Crippen molar-refractivity contribution in [3.63, 3.8) is 0 Å². The number of nitrogens with zero attached hydrogens (tertiary/aromatic N) is 2. The standard InChI is InChI=1S/C21H27N3O4S/c1-26-19(15-7-12-27-13-8-15)20-18(16-6-5-11-28-16)23-21(29-20)22-17(25)14-24-9-3-2-4-10-24/h2-3,5-6,11,15,19H,4,7-10,12-14H2,1H3,(H,22,23,25). The Hall–Kier alpha value is -2.00. The van der Waals surface area contributed by atoms with Gasteiger partial charge < -0.3 is 19.2 Å². The molecule has 0 saturated carbocycles. The van der Waals surface area contributed by atoms with Crippen molar-refractivity contribution in [3.05, 3.63) is 35.4 Å². The summed E-state index contributed by atoms with van der Waals surface area (Å²) in [6.45, 7) is 3.56. The minimum Gasteiger partial charge on any atom is -0.463 e. The molecular weight excluding hydrogens is 390 g/mol. The second kappa shape index (κ2) is 9.67. The Balaban J connectivity index is 1.54. The summed E-state index contributed by atoms with van der Waals surface area (Å²) in [5.41, 5.74) is 0.745. The second-order valence-corrected chi connectivity index (χ2v) is 8.39. The van der Waals surface area contributed by atoms with Crippen LogP contribution in [0.1, 0.15) is 30.2 Å². The zero-order chi connectivity index (χ0) is 20.1. The Bertz CT molecular complexity index is 827. The van der Waals surface area contributed by atoms with Crippen molar-refractivity contribution in [3.8, 4) is 11.5 Å². The first-order valence-electron chi connectivity index (χ1n) is 10.1. The molecule has 156 valence electrons. The summed E-state index contributed by atoms with van der Waals surface area (Å²) in [6.07, 6.45) is 8.66. The van der Waals surface area contributed by atoms with Gasteiger partial charge in [-0.25, -0.2) is 4.98 Å². The molecule has 0 radical (unpaired) electrons. The summed E-state index contributed by atoms with van der Waals surface area (Å²) in [7, 11) is 1.73. The van der Waals surface area contributed by atoms with Crippen LogP contribution in [-0.2, 0) is 14.3 Å². The number of ether oxygens (including phenoxy) is 2. The number of methoxy groups -OCH3 is 1. The van der Waals surface area contributed by atoms with Crippen molar-refractivity contribution in [2.24, 2.45) is 5.92 Å². The molecule has 0 bridgehead atoms. The summed E-state index contributed by atoms with van der Waals surface area (Å²) < 4.78 is 17.0. The van der Waals surface area contributed by atoms with Crippen molar-refractivity contribution in [2.75, 3.05) is 45.3 Å². The lowest BCUT2D eigenvalue weighted by atomic mass is 9.92. The zero-order valence-corrected chi connectivity index (χ0v) is 17.5. The molecule has 4 rings (SSSR count). The molecule has 2 aromatic rings. The Morgan fingerprint density at radius 2 is 2.28 bits per heavy atom. The Morgan fingerprint density at radius 3 is 2.97 bits per heavy atom. The summed E-state index contributed by atoms with van der Waals surface area (Å²) >= 11 is 1.47. The molecule has 0 aromatic carbocycles. The molecule has 4 heterocycles. The van der Waals surface area contributed by atoms with E-state index in [1.807, 2.05) is 12.1 Å². The van der Waals surface area contributed by atoms with Crippen molar-refractivity contribution in [1.82, 2.24) is 9.88 Å². The van der Waals surface area contributed by atoms with E-state index in [0.717, 1.165) is 56.1 Å². The smallest absolute Gasteiger partial charge is 0.240 e. The topological polar surface area (TPSA) is 76.8 Å². The number of furan rings is 1. The molecule has 0 spiro atoms. The van der Waals surface area contributed by atoms with Crippen LogP contribution in [0.15, 0.2) is 35.0 Å². The third-order valence-electron chi connectivity index (χ3n) is 5.37. The van der Waals surface area contributed by atoms with Crippen LogP contribution < -0.4 is 5.32 Å². The molecule has 2 aliphatic heterocycles. The molecule has 7 nitrogen and oxygen atoms in total. The highest BCUT2D eigenvalue weighted by Crippen LogP contribution is 2.42. The highest BCUT2D eigenvalue weighted by Gasteiger charge is 2.31. The summed E-state index contributed by atoms with van der Waals surface area (Å²) in [4.78, 5) is 20.4. The largest absolute Gasteiger partial charge is 0.463 e. The maximum Gasteiger partial charge on any atom is 0.240 e. The van der Waals surface area contributed by atoms with Crippen LogP contribution in [0.4, 0.5) is 5.13 Å². The molecule has 1 amide bonds. The van der Waals surface area contributed by atoms with Gasteiger partial charge >= 0.3 is 0 Å². The van der Waals surface area contributed by atoms with Gasteiger partial charge in [-0.3, -0.25) is 9.69 Å². The van der Waals surface area contributed by atoms with E-state index in [9.17, 15) is 4.79 Å². The van der Waals surface area contributed by atoms with Gasteiger partial charge in [0.1, 0.15) is 5.69 Å². The van der Waals surface area contributed by atoms with Crippen LogP contribution >= 0.6 is 11.3 Å². The molecule has 2 aromatic heterocycles. The molecule has 1 fully saturated rings. The highest BCUT2D eigenvalue weighted by atomic mass is 32.1. The molecule has 0 aliphatic carbocycles. The van der Waals surface area contributed by atoms with E-state index in [2.05, 4.69) is 22.4 Å². The molecular formula is C21H27N3O4S. The van der Waals surface area contributed by atoms with Crippen molar-refractivity contribution in [1.29, 1.82) is 0 Å². The Labute approximate surface area is 174 Å². The lowest BCUT2D eigenvalue weighted by Crippen LogP contribution is -2.35. The van der Waals surface area contributed by atoms with Crippen LogP contribution in [0.3, 0.4) is 0 Å². The zero-order valence-electron chi connectivity index (χ0n) is 16.6. The monoisotopic (exact) mass is 417 g/mol. The fourth-order valence-electron chi connectivity index (χ4n) is 3.90. The fraction of sp³-hybridized carbons (Fsp3) is 0.524. The van der Waals surface area contributed by atoms with E-state index in [-0.39, 0.29) is 12.0 Å². The first kappa shape index (κ1) is 20.3. The van der Waals surface area contributed by atoms with E-state index in [4.69, 9.17) is 18.9 Å². The Kier molecular flexibility index (Phi) is 6.76. The van der Waals surface area contributed by atoms with E-state index < -0.39 is 0 Å². The minimum atomic E-state index is -0.102. The number of carbonyl (C=O) groups excluding carboxylic acids is 1. The Morgan fingerprint density at radius 1 is 1.41 bits per heavy atom. The van der Waals surface area contributed by atoms with E-state index in [1.165, 1.54) is 11.3 Å². The number of thiazole rings is 1. The fourth-order valence-corrected chi connectivity index (χ4v) is 5.05. The second-order valence-electron chi connectivity index (χ2n) is 7.36. The maximum atomic E-state index is 12.5. The van der Waals surface area contributed by atoms with Gasteiger partial charge in [-0.05, 0) is 37.3 Å². The van der Waals surface area contributed by atoms with E-state index >= 15 is 0 Å². The van der Waals surface area contributed by atoms with Crippen molar-refractivity contribution in [2.45, 2.75) is 25.4 Å². The number of hydrogen-bond acceptors (Lipinski definition) is 7. The third kappa shape index (κ3) is 4.95. The molecule has 1 saturated heterocycles. The minimum absolute atomic E-state index is 0.0494. The number of rotatable bonds is 7. The number of nitrogens with one attached hydrogen (secondary N) is 1. The van der Waals surface area contributed by atoms with Crippen molar-refractivity contribution < 1.29 is 18.7 Å². The predicted octanol–water partition coefficient (Wildman–Crippen LogP) is 3.72. The molecule has 1 atom stereocenters. The quantitative estimate of drug-likeness (QED) is 0.692. The molecule has 29 heavy (non-hydrogen) atoms. The average molecular weight is 418 g/mol. The summed E-state index contributed by atoms with van der Waals surface area (Å²) in [6, 6.07) is 3.73. The molecule has 1 unspecified atom stereocenters. The van der Waals surface area contributed by atoms with Gasteiger partial charge in [0.25, 0.3) is 0 Å². The molecule has 8 heteroatoms. The summed E-state index contributed by atoms with van der Waals surface area (Å²) in [5, 5.41) is 3.56. The lowest BCUT2D eigenvalue weighted by molar-refractivity contribution is -0.117. The van der Waals surface area contributed by atoms with Crippen LogP contribution in [-0.4, -0.2) is 55.7 Å². The first-order valence-corrected chi connectivity index (χ1v) is 10.9. The number of anilines is 1. The van der Waals surface area contributed by atoms with Crippen LogP contribution in [0.2, 0.25) is 0 Å². The van der Waals surface area contributed by atoms with Gasteiger partial charge in [0, 0.05) is 33.4 Å². The maximum absolute atomic E-state index is 12.5. The number of aromatic nitrogens is 1. The van der Waals surface area contributed by atoms with E-state index in [1.54, 1.807) is 13.4 Å². The molecule has 2 aliphatic rings. The van der Waals surface area contributed by atoms with Gasteiger partial charge in [-0.1, -0.05) is 23.5 Å². The number of hydrogen-bond donors (Lipinski definition) is 1. The van der Waals surface area contributed by atoms with Gasteiger partial charge in [0.05, 0.1) is 23.8 Å². The molecule has 1 N–H and O–H groups in total.